The number of nitrogens with zero attached hydrogens (tertiary/aromatic N) is 2. The van der Waals surface area contributed by atoms with E-state index < -0.39 is 10.0 Å². The highest BCUT2D eigenvalue weighted by Crippen LogP contribution is 1.99. The summed E-state index contributed by atoms with van der Waals surface area (Å²) in [6, 6.07) is 0. The molecule has 0 aromatic rings. The van der Waals surface area contributed by atoms with Crippen LogP contribution in [0, 0.1) is 5.92 Å². The third kappa shape index (κ3) is 9.86. The Labute approximate surface area is 117 Å². The fourth-order valence-electron chi connectivity index (χ4n) is 1.52. The minimum absolute atomic E-state index is 0.0314. The Morgan fingerprint density at radius 1 is 1.16 bits per heavy atom. The second-order valence-corrected chi connectivity index (χ2v) is 7.40. The fraction of sp³-hybridized carbons (Fsp3) is 0.917. The number of hydrogen-bond acceptors (Lipinski definition) is 4. The second kappa shape index (κ2) is 8.50. The number of amides is 1. The molecule has 0 aromatic carbocycles. The molecule has 0 aliphatic heterocycles. The van der Waals surface area contributed by atoms with Crippen molar-refractivity contribution in [2.45, 2.75) is 20.3 Å². The van der Waals surface area contributed by atoms with Gasteiger partial charge in [0.2, 0.25) is 15.9 Å². The van der Waals surface area contributed by atoms with Gasteiger partial charge < -0.3 is 10.2 Å². The van der Waals surface area contributed by atoms with Gasteiger partial charge in [0.05, 0.1) is 6.26 Å². The molecule has 0 bridgehead atoms. The van der Waals surface area contributed by atoms with Crippen LogP contribution in [-0.4, -0.2) is 70.1 Å². The van der Waals surface area contributed by atoms with E-state index in [0.717, 1.165) is 0 Å². The van der Waals surface area contributed by atoms with Crippen LogP contribution in [0.5, 0.6) is 0 Å². The Balaban J connectivity index is 4.17. The van der Waals surface area contributed by atoms with E-state index in [-0.39, 0.29) is 5.91 Å². The van der Waals surface area contributed by atoms with E-state index in [2.05, 4.69) is 5.32 Å². The van der Waals surface area contributed by atoms with Crippen LogP contribution in [0.15, 0.2) is 0 Å². The van der Waals surface area contributed by atoms with E-state index in [0.29, 0.717) is 38.5 Å². The molecule has 0 aliphatic rings. The van der Waals surface area contributed by atoms with Crippen LogP contribution in [0.3, 0.4) is 0 Å². The number of hydrogen-bond donors (Lipinski definition) is 1. The Morgan fingerprint density at radius 2 is 1.74 bits per heavy atom. The first-order valence-electron chi connectivity index (χ1n) is 6.49. The first kappa shape index (κ1) is 18.3. The van der Waals surface area contributed by atoms with Gasteiger partial charge in [-0.1, -0.05) is 13.8 Å². The first-order chi connectivity index (χ1) is 8.62. The maximum Gasteiger partial charge on any atom is 0.220 e. The Bertz CT molecular complexity index is 366. The smallest absolute Gasteiger partial charge is 0.220 e. The topological polar surface area (TPSA) is 69.7 Å². The summed E-state index contributed by atoms with van der Waals surface area (Å²) >= 11 is 0. The molecular formula is C12H27N3O3S. The molecule has 0 saturated heterocycles. The maximum absolute atomic E-state index is 11.6. The highest BCUT2D eigenvalue weighted by Gasteiger charge is 2.16. The molecule has 0 heterocycles. The van der Waals surface area contributed by atoms with E-state index in [9.17, 15) is 13.2 Å². The molecule has 0 aromatic heterocycles. The zero-order valence-electron chi connectivity index (χ0n) is 12.6. The van der Waals surface area contributed by atoms with Crippen LogP contribution in [0.25, 0.3) is 0 Å². The van der Waals surface area contributed by atoms with E-state index in [1.807, 2.05) is 32.8 Å². The van der Waals surface area contributed by atoms with Crippen molar-refractivity contribution in [1.82, 2.24) is 14.5 Å². The third-order valence-corrected chi connectivity index (χ3v) is 3.85. The Morgan fingerprint density at radius 3 is 2.16 bits per heavy atom. The van der Waals surface area contributed by atoms with Gasteiger partial charge in [0.15, 0.2) is 0 Å². The summed E-state index contributed by atoms with van der Waals surface area (Å²) in [7, 11) is 0.561. The molecule has 0 rings (SSSR count). The van der Waals surface area contributed by atoms with Gasteiger partial charge in [-0.15, -0.1) is 0 Å². The summed E-state index contributed by atoms with van der Waals surface area (Å²) in [6.45, 7) is 5.71. The van der Waals surface area contributed by atoms with Crippen molar-refractivity contribution in [1.29, 1.82) is 0 Å². The molecule has 0 atom stereocenters. The molecule has 114 valence electrons. The lowest BCUT2D eigenvalue weighted by molar-refractivity contribution is -0.121. The molecule has 6 nitrogen and oxygen atoms in total. The van der Waals surface area contributed by atoms with Crippen molar-refractivity contribution in [3.8, 4) is 0 Å². The van der Waals surface area contributed by atoms with Gasteiger partial charge in [0, 0.05) is 32.6 Å². The summed E-state index contributed by atoms with van der Waals surface area (Å²) in [5, 5.41) is 2.75. The summed E-state index contributed by atoms with van der Waals surface area (Å²) in [6.07, 6.45) is 1.66. The largest absolute Gasteiger partial charge is 0.355 e. The number of carbonyl (C=O) groups is 1. The molecule has 19 heavy (non-hydrogen) atoms. The molecule has 7 heteroatoms. The summed E-state index contributed by atoms with van der Waals surface area (Å²) in [5.41, 5.74) is 0. The van der Waals surface area contributed by atoms with Crippen LogP contribution in [0.4, 0.5) is 0 Å². The highest BCUT2D eigenvalue weighted by atomic mass is 32.2. The van der Waals surface area contributed by atoms with E-state index in [1.54, 1.807) is 0 Å². The maximum atomic E-state index is 11.6. The minimum atomic E-state index is -3.23. The van der Waals surface area contributed by atoms with Gasteiger partial charge in [0.1, 0.15) is 0 Å². The number of carbonyl (C=O) groups excluding carboxylic acids is 1. The number of nitrogens with one attached hydrogen (secondary N) is 1. The van der Waals surface area contributed by atoms with Gasteiger partial charge in [-0.3, -0.25) is 4.79 Å². The molecule has 0 radical (unpaired) electrons. The fourth-order valence-corrected chi connectivity index (χ4v) is 2.35. The summed E-state index contributed by atoms with van der Waals surface area (Å²) < 4.78 is 24.6. The van der Waals surface area contributed by atoms with E-state index >= 15 is 0 Å². The van der Waals surface area contributed by atoms with Crippen LogP contribution in [0.1, 0.15) is 20.3 Å². The lowest BCUT2D eigenvalue weighted by Crippen LogP contribution is -2.41. The predicted octanol–water partition coefficient (Wildman–Crippen LogP) is -0.0281. The highest BCUT2D eigenvalue weighted by molar-refractivity contribution is 7.88. The van der Waals surface area contributed by atoms with Crippen LogP contribution in [-0.2, 0) is 14.8 Å². The normalized spacial score (nSPS) is 12.4. The summed E-state index contributed by atoms with van der Waals surface area (Å²) in [5.74, 6) is 0.274. The molecule has 0 saturated carbocycles. The van der Waals surface area contributed by atoms with Crippen LogP contribution in [0.2, 0.25) is 0 Å². The lowest BCUT2D eigenvalue weighted by Gasteiger charge is -2.22. The molecule has 1 amide bonds. The number of rotatable bonds is 9. The minimum Gasteiger partial charge on any atom is -0.355 e. The number of likely N-dealkylation sites (N-methyl/N-ethyl adjacent to an activating group) is 1. The van der Waals surface area contributed by atoms with Gasteiger partial charge in [-0.25, -0.2) is 8.42 Å². The van der Waals surface area contributed by atoms with Crippen molar-refractivity contribution in [2.75, 3.05) is 46.5 Å². The van der Waals surface area contributed by atoms with Crippen LogP contribution < -0.4 is 5.32 Å². The monoisotopic (exact) mass is 293 g/mol. The van der Waals surface area contributed by atoms with Gasteiger partial charge >= 0.3 is 0 Å². The molecule has 0 spiro atoms. The van der Waals surface area contributed by atoms with Crippen LogP contribution >= 0.6 is 0 Å². The molecule has 0 aliphatic carbocycles. The van der Waals surface area contributed by atoms with Crippen molar-refractivity contribution >= 4 is 15.9 Å². The van der Waals surface area contributed by atoms with Crippen molar-refractivity contribution in [3.05, 3.63) is 0 Å². The summed E-state index contributed by atoms with van der Waals surface area (Å²) in [4.78, 5) is 13.4. The standard InChI is InChI=1S/C12H27N3O3S/c1-11(2)10-12(16)13-6-7-15(19(5,17)18)9-8-14(3)4/h11H,6-10H2,1-5H3,(H,13,16). The lowest BCUT2D eigenvalue weighted by atomic mass is 10.1. The van der Waals surface area contributed by atoms with Crippen molar-refractivity contribution in [2.24, 2.45) is 5.92 Å². The van der Waals surface area contributed by atoms with Crippen molar-refractivity contribution in [3.63, 3.8) is 0 Å². The van der Waals surface area contributed by atoms with Gasteiger partial charge in [0.25, 0.3) is 0 Å². The quantitative estimate of drug-likeness (QED) is 0.648. The third-order valence-electron chi connectivity index (χ3n) is 2.54. The molecular weight excluding hydrogens is 266 g/mol. The zero-order valence-corrected chi connectivity index (χ0v) is 13.5. The Hall–Kier alpha value is -0.660. The van der Waals surface area contributed by atoms with Gasteiger partial charge in [-0.2, -0.15) is 4.31 Å². The predicted molar refractivity (Wildman–Crippen MR) is 77.4 cm³/mol. The molecule has 0 fully saturated rings. The molecule has 0 unspecified atom stereocenters. The first-order valence-corrected chi connectivity index (χ1v) is 8.34. The van der Waals surface area contributed by atoms with Gasteiger partial charge in [-0.05, 0) is 20.0 Å². The zero-order chi connectivity index (χ0) is 15.1. The van der Waals surface area contributed by atoms with E-state index in [4.69, 9.17) is 0 Å². The SMILES string of the molecule is CC(C)CC(=O)NCCN(CCN(C)C)S(C)(=O)=O. The average molecular weight is 293 g/mol. The average Bonchev–Trinajstić information content (AvgIpc) is 2.19. The van der Waals surface area contributed by atoms with Crippen molar-refractivity contribution < 1.29 is 13.2 Å². The second-order valence-electron chi connectivity index (χ2n) is 5.41. The van der Waals surface area contributed by atoms with E-state index in [1.165, 1.54) is 10.6 Å². The molecule has 1 N–H and O–H groups in total. The number of sulfonamides is 1. The Kier molecular flexibility index (Phi) is 8.20.